The zero-order valence-corrected chi connectivity index (χ0v) is 6.48. The molecule has 0 unspecified atom stereocenters. The van der Waals surface area contributed by atoms with Gasteiger partial charge in [0.15, 0.2) is 0 Å². The molecule has 0 spiro atoms. The highest BCUT2D eigenvalue weighted by Gasteiger charge is 1.99. The van der Waals surface area contributed by atoms with Gasteiger partial charge in [-0.05, 0) is 6.26 Å². The van der Waals surface area contributed by atoms with E-state index in [1.807, 2.05) is 6.26 Å². The van der Waals surface area contributed by atoms with Crippen LogP contribution in [0.5, 0.6) is 0 Å². The van der Waals surface area contributed by atoms with E-state index < -0.39 is 0 Å². The van der Waals surface area contributed by atoms with E-state index in [4.69, 9.17) is 23.2 Å². The maximum absolute atomic E-state index is 5.46. The fourth-order valence-corrected chi connectivity index (χ4v) is 1.51. The van der Waals surface area contributed by atoms with E-state index in [-0.39, 0.29) is 0 Å². The Balaban J connectivity index is 2.99. The molecule has 0 aromatic carbocycles. The summed E-state index contributed by atoms with van der Waals surface area (Å²) in [4.78, 5) is 0. The van der Waals surface area contributed by atoms with Crippen molar-refractivity contribution in [2.45, 2.75) is 5.25 Å². The Morgan fingerprint density at radius 1 is 1.43 bits per heavy atom. The predicted octanol–water partition coefficient (Wildman–Crippen LogP) is 2.20. The Kier molecular flexibility index (Phi) is 5.75. The first kappa shape index (κ1) is 7.93. The van der Waals surface area contributed by atoms with E-state index in [0.717, 1.165) is 0 Å². The third-order valence-electron chi connectivity index (χ3n) is 0.678. The number of hydrogen-bond acceptors (Lipinski definition) is 1. The molecule has 0 bridgehead atoms. The summed E-state index contributed by atoms with van der Waals surface area (Å²) in [7, 11) is 0. The van der Waals surface area contributed by atoms with E-state index in [2.05, 4.69) is 0 Å². The molecule has 0 atom stereocenters. The third kappa shape index (κ3) is 3.51. The molecule has 0 aliphatic heterocycles. The maximum Gasteiger partial charge on any atom is 0.0354 e. The van der Waals surface area contributed by atoms with Gasteiger partial charge in [-0.15, -0.1) is 23.2 Å². The fourth-order valence-electron chi connectivity index (χ4n) is 0.167. The molecule has 3 heteroatoms. The van der Waals surface area contributed by atoms with Crippen LogP contribution in [0.25, 0.3) is 0 Å². The molecule has 0 heterocycles. The Bertz CT molecular complexity index is 31.2. The van der Waals surface area contributed by atoms with E-state index in [0.29, 0.717) is 17.0 Å². The highest BCUT2D eigenvalue weighted by Crippen LogP contribution is 2.08. The van der Waals surface area contributed by atoms with Crippen molar-refractivity contribution in [2.75, 3.05) is 18.0 Å². The van der Waals surface area contributed by atoms with Crippen LogP contribution in [0, 0.1) is 0 Å². The van der Waals surface area contributed by atoms with Crippen molar-refractivity contribution in [3.05, 3.63) is 0 Å². The Morgan fingerprint density at radius 2 is 1.86 bits per heavy atom. The molecule has 7 heavy (non-hydrogen) atoms. The molecule has 0 aromatic rings. The number of halogens is 2. The van der Waals surface area contributed by atoms with Gasteiger partial charge in [0.25, 0.3) is 0 Å². The largest absolute Gasteiger partial charge is 0.160 e. The van der Waals surface area contributed by atoms with Gasteiger partial charge in [-0.3, -0.25) is 0 Å². The molecule has 0 aromatic heterocycles. The first-order valence-electron chi connectivity index (χ1n) is 1.99. The second-order valence-corrected chi connectivity index (χ2v) is 2.92. The number of hydrogen-bond donors (Lipinski definition) is 0. The highest BCUT2D eigenvalue weighted by atomic mass is 35.5. The van der Waals surface area contributed by atoms with Crippen LogP contribution in [0.1, 0.15) is 0 Å². The molecule has 0 nitrogen and oxygen atoms in total. The average Bonchev–Trinajstić information content (AvgIpc) is 1.72. The van der Waals surface area contributed by atoms with Gasteiger partial charge in [-0.1, -0.05) is 0 Å². The summed E-state index contributed by atoms with van der Waals surface area (Å²) in [6.07, 6.45) is 2.01. The van der Waals surface area contributed by atoms with E-state index in [1.54, 1.807) is 11.8 Å². The minimum Gasteiger partial charge on any atom is -0.160 e. The lowest BCUT2D eigenvalue weighted by Crippen LogP contribution is -2.04. The average molecular weight is 159 g/mol. The van der Waals surface area contributed by atoms with Crippen LogP contribution in [0.3, 0.4) is 0 Å². The van der Waals surface area contributed by atoms with Gasteiger partial charge in [-0.2, -0.15) is 11.8 Å². The Hall–Kier alpha value is 0.930. The van der Waals surface area contributed by atoms with Crippen LogP contribution < -0.4 is 0 Å². The molecule has 0 rings (SSSR count). The normalized spacial score (nSPS) is 10.3. The van der Waals surface area contributed by atoms with Crippen molar-refractivity contribution in [3.63, 3.8) is 0 Å². The molecule has 0 amide bonds. The summed E-state index contributed by atoms with van der Waals surface area (Å²) in [6.45, 7) is 0. The quantitative estimate of drug-likeness (QED) is 0.569. The minimum atomic E-state index is 0.434. The van der Waals surface area contributed by atoms with E-state index >= 15 is 0 Å². The van der Waals surface area contributed by atoms with Crippen molar-refractivity contribution in [1.29, 1.82) is 0 Å². The first-order valence-corrected chi connectivity index (χ1v) is 4.35. The van der Waals surface area contributed by atoms with Gasteiger partial charge in [-0.25, -0.2) is 0 Å². The van der Waals surface area contributed by atoms with Crippen molar-refractivity contribution in [2.24, 2.45) is 0 Å². The molecular weight excluding hydrogens is 151 g/mol. The number of thioether (sulfide) groups is 1. The molecule has 0 aliphatic carbocycles. The second kappa shape index (κ2) is 5.07. The molecule has 0 fully saturated rings. The molecule has 0 saturated heterocycles. The fraction of sp³-hybridized carbons (Fsp3) is 1.00. The van der Waals surface area contributed by atoms with Gasteiger partial charge in [0.1, 0.15) is 0 Å². The van der Waals surface area contributed by atoms with Crippen LogP contribution in [0.2, 0.25) is 0 Å². The van der Waals surface area contributed by atoms with Crippen LogP contribution in [0.15, 0.2) is 0 Å². The topological polar surface area (TPSA) is 0 Å². The molecular formula is C4H8Cl2S. The van der Waals surface area contributed by atoms with Crippen LogP contribution in [0.4, 0.5) is 0 Å². The summed E-state index contributed by atoms with van der Waals surface area (Å²) in [5, 5.41) is 0.434. The summed E-state index contributed by atoms with van der Waals surface area (Å²) in [5.74, 6) is 1.31. The van der Waals surface area contributed by atoms with E-state index in [1.165, 1.54) is 0 Å². The minimum absolute atomic E-state index is 0.434. The van der Waals surface area contributed by atoms with Crippen molar-refractivity contribution in [3.8, 4) is 0 Å². The molecule has 0 radical (unpaired) electrons. The predicted molar refractivity (Wildman–Crippen MR) is 38.7 cm³/mol. The second-order valence-electron chi connectivity index (χ2n) is 1.17. The number of rotatable bonds is 3. The smallest absolute Gasteiger partial charge is 0.0354 e. The lowest BCUT2D eigenvalue weighted by molar-refractivity contribution is 1.14. The third-order valence-corrected chi connectivity index (χ3v) is 2.79. The highest BCUT2D eigenvalue weighted by molar-refractivity contribution is 7.99. The molecule has 0 N–H and O–H groups in total. The summed E-state index contributed by atoms with van der Waals surface area (Å²) >= 11 is 12.6. The molecule has 0 aliphatic rings. The van der Waals surface area contributed by atoms with Crippen molar-refractivity contribution >= 4 is 35.0 Å². The van der Waals surface area contributed by atoms with Crippen LogP contribution in [-0.4, -0.2) is 23.3 Å². The standard InChI is InChI=1S/C4H8Cl2S/c1-7-4(2-5)3-6/h4H,2-3H2,1H3. The van der Waals surface area contributed by atoms with Gasteiger partial charge in [0.2, 0.25) is 0 Å². The van der Waals surface area contributed by atoms with Gasteiger partial charge in [0.05, 0.1) is 0 Å². The summed E-state index contributed by atoms with van der Waals surface area (Å²) in [6, 6.07) is 0. The maximum atomic E-state index is 5.46. The Morgan fingerprint density at radius 3 is 1.86 bits per heavy atom. The van der Waals surface area contributed by atoms with Gasteiger partial charge >= 0.3 is 0 Å². The first-order chi connectivity index (χ1) is 3.35. The number of alkyl halides is 2. The lowest BCUT2D eigenvalue weighted by Gasteiger charge is -2.02. The van der Waals surface area contributed by atoms with Crippen molar-refractivity contribution < 1.29 is 0 Å². The Labute approximate surface area is 58.6 Å². The molecule has 0 saturated carbocycles. The SMILES string of the molecule is CSC(CCl)CCl. The summed E-state index contributed by atoms with van der Waals surface area (Å²) < 4.78 is 0. The lowest BCUT2D eigenvalue weighted by atomic mass is 10.6. The van der Waals surface area contributed by atoms with Crippen LogP contribution >= 0.6 is 35.0 Å². The van der Waals surface area contributed by atoms with E-state index in [9.17, 15) is 0 Å². The molecule has 44 valence electrons. The van der Waals surface area contributed by atoms with Crippen molar-refractivity contribution in [1.82, 2.24) is 0 Å². The van der Waals surface area contributed by atoms with Crippen LogP contribution in [-0.2, 0) is 0 Å². The monoisotopic (exact) mass is 158 g/mol. The van der Waals surface area contributed by atoms with Gasteiger partial charge in [0, 0.05) is 17.0 Å². The zero-order valence-electron chi connectivity index (χ0n) is 4.16. The van der Waals surface area contributed by atoms with Gasteiger partial charge < -0.3 is 0 Å². The summed E-state index contributed by atoms with van der Waals surface area (Å²) in [5.41, 5.74) is 0. The zero-order chi connectivity index (χ0) is 5.70.